The summed E-state index contributed by atoms with van der Waals surface area (Å²) in [6.07, 6.45) is 0. The summed E-state index contributed by atoms with van der Waals surface area (Å²) in [6, 6.07) is 5.54. The third-order valence-electron chi connectivity index (χ3n) is 4.77. The predicted octanol–water partition coefficient (Wildman–Crippen LogP) is 4.04. The van der Waals surface area contributed by atoms with Gasteiger partial charge in [0, 0.05) is 24.1 Å². The summed E-state index contributed by atoms with van der Waals surface area (Å²) in [5.41, 5.74) is 3.52. The zero-order chi connectivity index (χ0) is 22.4. The molecule has 1 unspecified atom stereocenters. The Morgan fingerprint density at radius 3 is 2.57 bits per heavy atom. The first-order chi connectivity index (χ1) is 14.2. The monoisotopic (exact) mass is 429 g/mol. The first kappa shape index (κ1) is 23.6. The fraction of sp³-hybridized carbons (Fsp3) is 0.455. The number of esters is 1. The lowest BCUT2D eigenvalue weighted by Gasteiger charge is -2.17. The van der Waals surface area contributed by atoms with Gasteiger partial charge >= 0.3 is 5.97 Å². The minimum atomic E-state index is -0.510. The second kappa shape index (κ2) is 10.4. The number of methoxy groups -OCH3 is 1. The molecule has 30 heavy (non-hydrogen) atoms. The van der Waals surface area contributed by atoms with Crippen molar-refractivity contribution in [1.29, 1.82) is 5.26 Å². The zero-order valence-corrected chi connectivity index (χ0v) is 19.1. The molecule has 2 aromatic heterocycles. The molecule has 2 rings (SSSR count). The third-order valence-corrected chi connectivity index (χ3v) is 5.76. The normalized spacial score (nSPS) is 11.8. The van der Waals surface area contributed by atoms with E-state index >= 15 is 0 Å². The Kier molecular flexibility index (Phi) is 8.21. The highest BCUT2D eigenvalue weighted by atomic mass is 32.2. The molecule has 0 saturated heterocycles. The molecule has 0 saturated carbocycles. The Balaban J connectivity index is 2.23. The number of nitrogens with zero attached hydrogens (tertiary/aromatic N) is 3. The van der Waals surface area contributed by atoms with Crippen LogP contribution in [0.15, 0.2) is 17.2 Å². The number of hydrogen-bond acceptors (Lipinski definition) is 7. The largest absolute Gasteiger partial charge is 0.462 e. The van der Waals surface area contributed by atoms with Gasteiger partial charge in [-0.25, -0.2) is 9.78 Å². The summed E-state index contributed by atoms with van der Waals surface area (Å²) >= 11 is 1.20. The van der Waals surface area contributed by atoms with Crippen LogP contribution in [0.1, 0.15) is 63.3 Å². The summed E-state index contributed by atoms with van der Waals surface area (Å²) in [4.78, 5) is 29.3. The summed E-state index contributed by atoms with van der Waals surface area (Å²) in [7, 11) is 1.66. The van der Waals surface area contributed by atoms with E-state index in [0.29, 0.717) is 22.9 Å². The summed E-state index contributed by atoms with van der Waals surface area (Å²) in [6.45, 7) is 10.1. The second-order valence-corrected chi connectivity index (χ2v) is 7.94. The van der Waals surface area contributed by atoms with Crippen molar-refractivity contribution in [2.75, 3.05) is 26.1 Å². The van der Waals surface area contributed by atoms with Crippen molar-refractivity contribution in [3.63, 3.8) is 0 Å². The van der Waals surface area contributed by atoms with Crippen molar-refractivity contribution in [3.05, 3.63) is 45.9 Å². The molecule has 0 N–H and O–H groups in total. The number of ketones is 1. The van der Waals surface area contributed by atoms with Gasteiger partial charge in [0.25, 0.3) is 0 Å². The van der Waals surface area contributed by atoms with Crippen molar-refractivity contribution in [2.24, 2.45) is 0 Å². The minimum absolute atomic E-state index is 0.0400. The van der Waals surface area contributed by atoms with E-state index < -0.39 is 5.97 Å². The molecule has 0 amide bonds. The highest BCUT2D eigenvalue weighted by Crippen LogP contribution is 2.26. The number of hydrogen-bond donors (Lipinski definition) is 0. The van der Waals surface area contributed by atoms with Crippen LogP contribution in [-0.4, -0.2) is 47.4 Å². The highest BCUT2D eigenvalue weighted by Gasteiger charge is 2.21. The van der Waals surface area contributed by atoms with Crippen LogP contribution in [0, 0.1) is 32.1 Å². The van der Waals surface area contributed by atoms with Crippen LogP contribution in [-0.2, 0) is 9.47 Å². The number of ether oxygens (including phenoxy) is 2. The van der Waals surface area contributed by atoms with Gasteiger partial charge in [0.15, 0.2) is 5.78 Å². The summed E-state index contributed by atoms with van der Waals surface area (Å²) in [5.74, 6) is -0.408. The van der Waals surface area contributed by atoms with Gasteiger partial charge in [0.05, 0.1) is 41.8 Å². The van der Waals surface area contributed by atoms with Gasteiger partial charge in [-0.2, -0.15) is 5.26 Å². The Labute approximate surface area is 181 Å². The Bertz CT molecular complexity index is 991. The molecule has 2 aromatic rings. The standard InChI is InChI=1S/C22H27N3O4S/c1-7-29-22(27)18-9-17(10-23)21(24-15(18)4)30-12-20(26)19-8-13(2)25(16(19)5)14(3)11-28-6/h8-9,14H,7,11-12H2,1-6H3. The second-order valence-electron chi connectivity index (χ2n) is 6.98. The van der Waals surface area contributed by atoms with Gasteiger partial charge in [-0.05, 0) is 46.8 Å². The number of thioether (sulfide) groups is 1. The van der Waals surface area contributed by atoms with E-state index in [4.69, 9.17) is 9.47 Å². The molecule has 0 aliphatic carbocycles. The lowest BCUT2D eigenvalue weighted by Crippen LogP contribution is -2.15. The average Bonchev–Trinajstić information content (AvgIpc) is 3.00. The Morgan fingerprint density at radius 2 is 1.97 bits per heavy atom. The minimum Gasteiger partial charge on any atom is -0.462 e. The van der Waals surface area contributed by atoms with E-state index in [1.54, 1.807) is 21.0 Å². The fourth-order valence-corrected chi connectivity index (χ4v) is 4.34. The Morgan fingerprint density at radius 1 is 1.27 bits per heavy atom. The average molecular weight is 430 g/mol. The first-order valence-electron chi connectivity index (χ1n) is 9.67. The van der Waals surface area contributed by atoms with E-state index in [-0.39, 0.29) is 35.3 Å². The molecule has 0 radical (unpaired) electrons. The topological polar surface area (TPSA) is 94.2 Å². The van der Waals surface area contributed by atoms with Crippen molar-refractivity contribution < 1.29 is 19.1 Å². The molecule has 0 bridgehead atoms. The maximum atomic E-state index is 12.9. The summed E-state index contributed by atoms with van der Waals surface area (Å²) in [5, 5.41) is 9.90. The van der Waals surface area contributed by atoms with Crippen molar-refractivity contribution in [1.82, 2.24) is 9.55 Å². The summed E-state index contributed by atoms with van der Waals surface area (Å²) < 4.78 is 12.3. The number of carbonyl (C=O) groups excluding carboxylic acids is 2. The molecule has 0 aliphatic rings. The molecule has 7 nitrogen and oxygen atoms in total. The van der Waals surface area contributed by atoms with Gasteiger partial charge in [-0.1, -0.05) is 11.8 Å². The number of Topliss-reactive ketones (excluding diaryl/α,β-unsaturated/α-hetero) is 1. The van der Waals surface area contributed by atoms with Gasteiger partial charge in [0.2, 0.25) is 0 Å². The molecule has 8 heteroatoms. The molecule has 0 aromatic carbocycles. The van der Waals surface area contributed by atoms with E-state index in [1.807, 2.05) is 26.8 Å². The molecule has 0 spiro atoms. The lowest BCUT2D eigenvalue weighted by molar-refractivity contribution is 0.0524. The van der Waals surface area contributed by atoms with E-state index in [0.717, 1.165) is 11.4 Å². The van der Waals surface area contributed by atoms with Crippen LogP contribution in [0.5, 0.6) is 0 Å². The van der Waals surface area contributed by atoms with Crippen molar-refractivity contribution in [2.45, 2.75) is 45.7 Å². The molecule has 0 fully saturated rings. The maximum absolute atomic E-state index is 12.9. The smallest absolute Gasteiger partial charge is 0.340 e. The molecular weight excluding hydrogens is 402 g/mol. The number of aryl methyl sites for hydroxylation is 2. The fourth-order valence-electron chi connectivity index (χ4n) is 3.45. The van der Waals surface area contributed by atoms with E-state index in [9.17, 15) is 14.9 Å². The van der Waals surface area contributed by atoms with Crippen molar-refractivity contribution in [3.8, 4) is 6.07 Å². The van der Waals surface area contributed by atoms with Gasteiger partial charge in [-0.15, -0.1) is 0 Å². The number of aromatic nitrogens is 2. The van der Waals surface area contributed by atoms with Gasteiger partial charge in [-0.3, -0.25) is 4.79 Å². The molecular formula is C22H27N3O4S. The molecule has 0 aliphatic heterocycles. The van der Waals surface area contributed by atoms with Crippen molar-refractivity contribution >= 4 is 23.5 Å². The van der Waals surface area contributed by atoms with Crippen LogP contribution < -0.4 is 0 Å². The van der Waals surface area contributed by atoms with Crippen LogP contribution in [0.2, 0.25) is 0 Å². The maximum Gasteiger partial charge on any atom is 0.340 e. The van der Waals surface area contributed by atoms with Crippen LogP contribution in [0.25, 0.3) is 0 Å². The lowest BCUT2D eigenvalue weighted by atomic mass is 10.1. The third kappa shape index (κ3) is 5.10. The molecule has 2 heterocycles. The SMILES string of the molecule is CCOC(=O)c1cc(C#N)c(SCC(=O)c2cc(C)n(C(C)COC)c2C)nc1C. The highest BCUT2D eigenvalue weighted by molar-refractivity contribution is 8.00. The van der Waals surface area contributed by atoms with Gasteiger partial charge in [0.1, 0.15) is 11.1 Å². The predicted molar refractivity (Wildman–Crippen MR) is 115 cm³/mol. The molecule has 160 valence electrons. The van der Waals surface area contributed by atoms with Crippen LogP contribution in [0.4, 0.5) is 0 Å². The Hall–Kier alpha value is -2.63. The first-order valence-corrected chi connectivity index (χ1v) is 10.7. The number of carbonyl (C=O) groups is 2. The van der Waals surface area contributed by atoms with E-state index in [2.05, 4.69) is 15.6 Å². The number of nitriles is 1. The number of pyridine rings is 1. The zero-order valence-electron chi connectivity index (χ0n) is 18.2. The van der Waals surface area contributed by atoms with Gasteiger partial charge < -0.3 is 14.0 Å². The number of rotatable bonds is 9. The van der Waals surface area contributed by atoms with Crippen LogP contribution >= 0.6 is 11.8 Å². The quantitative estimate of drug-likeness (QED) is 0.337. The molecule has 1 atom stereocenters. The van der Waals surface area contributed by atoms with E-state index in [1.165, 1.54) is 17.8 Å². The van der Waals surface area contributed by atoms with Crippen LogP contribution in [0.3, 0.4) is 0 Å².